The van der Waals surface area contributed by atoms with E-state index in [0.717, 1.165) is 31.6 Å². The quantitative estimate of drug-likeness (QED) is 0.816. The van der Waals surface area contributed by atoms with Gasteiger partial charge in [0.15, 0.2) is 0 Å². The van der Waals surface area contributed by atoms with Gasteiger partial charge in [-0.3, -0.25) is 4.90 Å². The van der Waals surface area contributed by atoms with Gasteiger partial charge in [-0.25, -0.2) is 0 Å². The maximum absolute atomic E-state index is 3.70. The van der Waals surface area contributed by atoms with Gasteiger partial charge in [-0.15, -0.1) is 0 Å². The average Bonchev–Trinajstić information content (AvgIpc) is 2.50. The molecule has 0 spiro atoms. The highest BCUT2D eigenvalue weighted by Crippen LogP contribution is 2.25. The lowest BCUT2D eigenvalue weighted by molar-refractivity contribution is 0.168. The van der Waals surface area contributed by atoms with Crippen LogP contribution in [0.3, 0.4) is 0 Å². The number of nitrogens with one attached hydrogen (secondary N) is 1. The van der Waals surface area contributed by atoms with Crippen molar-refractivity contribution >= 4 is 0 Å². The van der Waals surface area contributed by atoms with Crippen LogP contribution >= 0.6 is 0 Å². The molecule has 2 heteroatoms. The van der Waals surface area contributed by atoms with Gasteiger partial charge >= 0.3 is 0 Å². The zero-order valence-electron chi connectivity index (χ0n) is 13.1. The van der Waals surface area contributed by atoms with Gasteiger partial charge < -0.3 is 5.32 Å². The molecule has 2 nitrogen and oxygen atoms in total. The molecule has 112 valence electrons. The van der Waals surface area contributed by atoms with Crippen molar-refractivity contribution < 1.29 is 0 Å². The molecule has 0 heterocycles. The monoisotopic (exact) mass is 274 g/mol. The Morgan fingerprint density at radius 1 is 1.10 bits per heavy atom. The molecule has 2 rings (SSSR count). The summed E-state index contributed by atoms with van der Waals surface area (Å²) in [5, 5.41) is 3.70. The molecule has 20 heavy (non-hydrogen) atoms. The predicted octanol–water partition coefficient (Wildman–Crippen LogP) is 3.68. The van der Waals surface area contributed by atoms with E-state index in [0.29, 0.717) is 0 Å². The second-order valence-electron chi connectivity index (χ2n) is 6.02. The third-order valence-electron chi connectivity index (χ3n) is 4.56. The Morgan fingerprint density at radius 2 is 1.85 bits per heavy atom. The molecule has 0 amide bonds. The second kappa shape index (κ2) is 8.43. The molecular weight excluding hydrogens is 244 g/mol. The Kier molecular flexibility index (Phi) is 6.55. The van der Waals surface area contributed by atoms with Crippen LogP contribution in [0, 0.1) is 5.92 Å². The van der Waals surface area contributed by atoms with Gasteiger partial charge in [-0.2, -0.15) is 0 Å². The van der Waals surface area contributed by atoms with Gasteiger partial charge in [-0.05, 0) is 37.4 Å². The molecule has 0 saturated heterocycles. The summed E-state index contributed by atoms with van der Waals surface area (Å²) in [6.45, 7) is 9.09. The first-order valence-electron chi connectivity index (χ1n) is 8.33. The van der Waals surface area contributed by atoms with Crippen molar-refractivity contribution in [1.82, 2.24) is 10.2 Å². The van der Waals surface area contributed by atoms with E-state index in [2.05, 4.69) is 54.4 Å². The van der Waals surface area contributed by atoms with Crippen LogP contribution in [-0.2, 0) is 6.54 Å². The standard InChI is InChI=1S/C18H30N2/c1-3-19-18-13-9-8-12-17(18)15-20(4-2)14-16-10-6-5-7-11-16/h5-7,10-11,17-19H,3-4,8-9,12-15H2,1-2H3. The first-order valence-corrected chi connectivity index (χ1v) is 8.33. The van der Waals surface area contributed by atoms with Crippen LogP contribution in [0.4, 0.5) is 0 Å². The minimum Gasteiger partial charge on any atom is -0.314 e. The molecule has 0 aliphatic heterocycles. The molecule has 2 unspecified atom stereocenters. The lowest BCUT2D eigenvalue weighted by Gasteiger charge is -2.35. The van der Waals surface area contributed by atoms with Crippen LogP contribution < -0.4 is 5.32 Å². The fourth-order valence-electron chi connectivity index (χ4n) is 3.44. The third kappa shape index (κ3) is 4.60. The first-order chi connectivity index (χ1) is 9.83. The molecule has 1 aromatic rings. The van der Waals surface area contributed by atoms with Gasteiger partial charge in [0.05, 0.1) is 0 Å². The Morgan fingerprint density at radius 3 is 2.55 bits per heavy atom. The molecule has 2 atom stereocenters. The summed E-state index contributed by atoms with van der Waals surface area (Å²) >= 11 is 0. The fourth-order valence-corrected chi connectivity index (χ4v) is 3.44. The van der Waals surface area contributed by atoms with Crippen LogP contribution in [0.5, 0.6) is 0 Å². The Hall–Kier alpha value is -0.860. The van der Waals surface area contributed by atoms with Crippen molar-refractivity contribution in [3.8, 4) is 0 Å². The third-order valence-corrected chi connectivity index (χ3v) is 4.56. The van der Waals surface area contributed by atoms with Crippen LogP contribution in [0.1, 0.15) is 45.1 Å². The van der Waals surface area contributed by atoms with Crippen molar-refractivity contribution in [2.24, 2.45) is 5.92 Å². The highest BCUT2D eigenvalue weighted by Gasteiger charge is 2.25. The Balaban J connectivity index is 1.90. The summed E-state index contributed by atoms with van der Waals surface area (Å²) in [4.78, 5) is 2.61. The van der Waals surface area contributed by atoms with Gasteiger partial charge in [-0.1, -0.05) is 57.0 Å². The number of rotatable bonds is 7. The molecular formula is C18H30N2. The summed E-state index contributed by atoms with van der Waals surface area (Å²) in [5.41, 5.74) is 1.44. The summed E-state index contributed by atoms with van der Waals surface area (Å²) in [6.07, 6.45) is 5.57. The van der Waals surface area contributed by atoms with Crippen LogP contribution in [0.15, 0.2) is 30.3 Å². The fraction of sp³-hybridized carbons (Fsp3) is 0.667. The van der Waals surface area contributed by atoms with Crippen LogP contribution in [-0.4, -0.2) is 30.6 Å². The van der Waals surface area contributed by atoms with Crippen molar-refractivity contribution in [2.45, 2.75) is 52.1 Å². The SMILES string of the molecule is CCNC1CCCCC1CN(CC)Cc1ccccc1. The topological polar surface area (TPSA) is 15.3 Å². The number of hydrogen-bond donors (Lipinski definition) is 1. The summed E-state index contributed by atoms with van der Waals surface area (Å²) in [7, 11) is 0. The van der Waals surface area contributed by atoms with Crippen molar-refractivity contribution in [3.63, 3.8) is 0 Å². The molecule has 1 aliphatic rings. The van der Waals surface area contributed by atoms with E-state index in [1.807, 2.05) is 0 Å². The second-order valence-corrected chi connectivity index (χ2v) is 6.02. The Labute approximate surface area is 124 Å². The van der Waals surface area contributed by atoms with E-state index in [9.17, 15) is 0 Å². The Bertz CT molecular complexity index is 361. The maximum atomic E-state index is 3.70. The highest BCUT2D eigenvalue weighted by molar-refractivity contribution is 5.14. The average molecular weight is 274 g/mol. The lowest BCUT2D eigenvalue weighted by atomic mass is 9.84. The van der Waals surface area contributed by atoms with Gasteiger partial charge in [0.2, 0.25) is 0 Å². The van der Waals surface area contributed by atoms with E-state index in [1.165, 1.54) is 37.8 Å². The predicted molar refractivity (Wildman–Crippen MR) is 86.8 cm³/mol. The number of hydrogen-bond acceptors (Lipinski definition) is 2. The van der Waals surface area contributed by atoms with Gasteiger partial charge in [0.1, 0.15) is 0 Å². The van der Waals surface area contributed by atoms with Gasteiger partial charge in [0.25, 0.3) is 0 Å². The molecule has 1 aromatic carbocycles. The lowest BCUT2D eigenvalue weighted by Crippen LogP contribution is -2.44. The molecule has 0 aromatic heterocycles. The summed E-state index contributed by atoms with van der Waals surface area (Å²) < 4.78 is 0. The van der Waals surface area contributed by atoms with Crippen LogP contribution in [0.2, 0.25) is 0 Å². The molecule has 1 aliphatic carbocycles. The van der Waals surface area contributed by atoms with Crippen molar-refractivity contribution in [3.05, 3.63) is 35.9 Å². The van der Waals surface area contributed by atoms with E-state index < -0.39 is 0 Å². The first kappa shape index (κ1) is 15.5. The maximum Gasteiger partial charge on any atom is 0.0233 e. The van der Waals surface area contributed by atoms with E-state index in [1.54, 1.807) is 0 Å². The largest absolute Gasteiger partial charge is 0.314 e. The molecule has 1 saturated carbocycles. The molecule has 0 radical (unpaired) electrons. The summed E-state index contributed by atoms with van der Waals surface area (Å²) in [6, 6.07) is 11.6. The number of nitrogens with zero attached hydrogens (tertiary/aromatic N) is 1. The normalized spacial score (nSPS) is 23.1. The van der Waals surface area contributed by atoms with E-state index >= 15 is 0 Å². The minimum atomic E-state index is 0.735. The zero-order chi connectivity index (χ0) is 14.2. The number of benzene rings is 1. The van der Waals surface area contributed by atoms with Crippen molar-refractivity contribution in [2.75, 3.05) is 19.6 Å². The highest BCUT2D eigenvalue weighted by atomic mass is 15.1. The van der Waals surface area contributed by atoms with Gasteiger partial charge in [0, 0.05) is 19.1 Å². The van der Waals surface area contributed by atoms with E-state index in [-0.39, 0.29) is 0 Å². The smallest absolute Gasteiger partial charge is 0.0233 e. The summed E-state index contributed by atoms with van der Waals surface area (Å²) in [5.74, 6) is 0.826. The minimum absolute atomic E-state index is 0.735. The van der Waals surface area contributed by atoms with Crippen molar-refractivity contribution in [1.29, 1.82) is 0 Å². The zero-order valence-corrected chi connectivity index (χ0v) is 13.1. The molecule has 1 N–H and O–H groups in total. The molecule has 0 bridgehead atoms. The van der Waals surface area contributed by atoms with Crippen LogP contribution in [0.25, 0.3) is 0 Å². The molecule has 1 fully saturated rings. The van der Waals surface area contributed by atoms with E-state index in [4.69, 9.17) is 0 Å².